The Balaban J connectivity index is 1.51. The number of carbonyl (C=O) groups excluding carboxylic acids is 2. The molecule has 0 aliphatic rings. The molecule has 1 aromatic carbocycles. The van der Waals surface area contributed by atoms with E-state index < -0.39 is 0 Å². The molecule has 0 bridgehead atoms. The minimum Gasteiger partial charge on any atom is -0.459 e. The van der Waals surface area contributed by atoms with Crippen LogP contribution in [-0.2, 0) is 16.0 Å². The summed E-state index contributed by atoms with van der Waals surface area (Å²) in [5.41, 5.74) is 3.40. The second-order valence-electron chi connectivity index (χ2n) is 6.32. The van der Waals surface area contributed by atoms with Crippen LogP contribution in [0.3, 0.4) is 0 Å². The summed E-state index contributed by atoms with van der Waals surface area (Å²) in [6.07, 6.45) is 0.118. The number of para-hydroxylation sites is 1. The van der Waals surface area contributed by atoms with E-state index in [4.69, 9.17) is 4.42 Å². The molecule has 27 heavy (non-hydrogen) atoms. The summed E-state index contributed by atoms with van der Waals surface area (Å²) in [6.45, 7) is 5.65. The zero-order valence-electron chi connectivity index (χ0n) is 15.5. The zero-order chi connectivity index (χ0) is 19.4. The lowest BCUT2D eigenvalue weighted by Crippen LogP contribution is -2.34. The van der Waals surface area contributed by atoms with E-state index in [9.17, 15) is 9.59 Å². The Morgan fingerprint density at radius 3 is 2.48 bits per heavy atom. The van der Waals surface area contributed by atoms with Crippen molar-refractivity contribution >= 4 is 28.8 Å². The molecular weight excluding hydrogens is 362 g/mol. The molecule has 0 radical (unpaired) electrons. The normalized spacial score (nSPS) is 10.6. The Kier molecular flexibility index (Phi) is 5.71. The third-order valence-corrected chi connectivity index (χ3v) is 4.94. The van der Waals surface area contributed by atoms with Crippen LogP contribution in [0.2, 0.25) is 0 Å². The van der Waals surface area contributed by atoms with E-state index in [1.807, 2.05) is 56.5 Å². The minimum atomic E-state index is -0.259. The third kappa shape index (κ3) is 4.83. The standard InChI is InChI=1S/C20H21N3O3S/c1-12-5-4-6-13(2)19(12)23-18(25)10-21-17(24)9-15-11-27-20(22-15)16-8-7-14(3)26-16/h4-8,11H,9-10H2,1-3H3,(H,21,24)(H,23,25). The van der Waals surface area contributed by atoms with Gasteiger partial charge in [0.1, 0.15) is 5.76 Å². The van der Waals surface area contributed by atoms with Crippen LogP contribution in [0.4, 0.5) is 5.69 Å². The second kappa shape index (κ2) is 8.18. The predicted molar refractivity (Wildman–Crippen MR) is 106 cm³/mol. The summed E-state index contributed by atoms with van der Waals surface area (Å²) in [6, 6.07) is 9.53. The van der Waals surface area contributed by atoms with E-state index in [0.29, 0.717) is 11.5 Å². The fraction of sp³-hybridized carbons (Fsp3) is 0.250. The summed E-state index contributed by atoms with van der Waals surface area (Å²) in [5, 5.41) is 8.04. The number of hydrogen-bond donors (Lipinski definition) is 2. The van der Waals surface area contributed by atoms with Gasteiger partial charge in [-0.2, -0.15) is 0 Å². The van der Waals surface area contributed by atoms with Crippen LogP contribution < -0.4 is 10.6 Å². The van der Waals surface area contributed by atoms with E-state index in [0.717, 1.165) is 27.6 Å². The summed E-state index contributed by atoms with van der Waals surface area (Å²) in [7, 11) is 0. The van der Waals surface area contributed by atoms with E-state index in [1.165, 1.54) is 11.3 Å². The lowest BCUT2D eigenvalue weighted by Gasteiger charge is -2.11. The molecule has 2 amide bonds. The number of hydrogen-bond acceptors (Lipinski definition) is 5. The maximum absolute atomic E-state index is 12.1. The van der Waals surface area contributed by atoms with Crippen LogP contribution in [-0.4, -0.2) is 23.3 Å². The molecule has 3 aromatic rings. The number of amides is 2. The smallest absolute Gasteiger partial charge is 0.243 e. The van der Waals surface area contributed by atoms with Crippen LogP contribution in [0.1, 0.15) is 22.6 Å². The molecule has 7 heteroatoms. The number of furan rings is 1. The maximum Gasteiger partial charge on any atom is 0.243 e. The van der Waals surface area contributed by atoms with Crippen molar-refractivity contribution in [3.05, 3.63) is 58.3 Å². The average molecular weight is 383 g/mol. The number of anilines is 1. The summed E-state index contributed by atoms with van der Waals surface area (Å²) in [4.78, 5) is 28.6. The summed E-state index contributed by atoms with van der Waals surface area (Å²) < 4.78 is 5.54. The first-order valence-electron chi connectivity index (χ1n) is 8.56. The number of aromatic nitrogens is 1. The molecule has 2 heterocycles. The zero-order valence-corrected chi connectivity index (χ0v) is 16.3. The molecule has 0 aliphatic carbocycles. The van der Waals surface area contributed by atoms with Crippen LogP contribution in [0.5, 0.6) is 0 Å². The predicted octanol–water partition coefficient (Wildman–Crippen LogP) is 3.63. The van der Waals surface area contributed by atoms with Crippen molar-refractivity contribution in [2.75, 3.05) is 11.9 Å². The van der Waals surface area contributed by atoms with Gasteiger partial charge in [0.25, 0.3) is 0 Å². The van der Waals surface area contributed by atoms with Gasteiger partial charge >= 0.3 is 0 Å². The molecule has 0 spiro atoms. The molecular formula is C20H21N3O3S. The molecule has 0 fully saturated rings. The van der Waals surface area contributed by atoms with Gasteiger partial charge in [-0.15, -0.1) is 11.3 Å². The molecule has 0 unspecified atom stereocenters. The van der Waals surface area contributed by atoms with Crippen molar-refractivity contribution in [1.29, 1.82) is 0 Å². The van der Waals surface area contributed by atoms with Crippen molar-refractivity contribution in [2.45, 2.75) is 27.2 Å². The molecule has 0 saturated carbocycles. The van der Waals surface area contributed by atoms with Crippen molar-refractivity contribution in [1.82, 2.24) is 10.3 Å². The molecule has 2 N–H and O–H groups in total. The first-order chi connectivity index (χ1) is 12.9. The lowest BCUT2D eigenvalue weighted by atomic mass is 10.1. The second-order valence-corrected chi connectivity index (χ2v) is 7.18. The molecule has 2 aromatic heterocycles. The topological polar surface area (TPSA) is 84.2 Å². The highest BCUT2D eigenvalue weighted by atomic mass is 32.1. The van der Waals surface area contributed by atoms with Crippen molar-refractivity contribution < 1.29 is 14.0 Å². The van der Waals surface area contributed by atoms with E-state index in [2.05, 4.69) is 15.6 Å². The minimum absolute atomic E-state index is 0.0824. The van der Waals surface area contributed by atoms with E-state index in [-0.39, 0.29) is 24.8 Å². The Hall–Kier alpha value is -2.93. The van der Waals surface area contributed by atoms with Gasteiger partial charge in [0.05, 0.1) is 18.7 Å². The van der Waals surface area contributed by atoms with Crippen LogP contribution in [0.15, 0.2) is 40.1 Å². The Morgan fingerprint density at radius 2 is 1.81 bits per heavy atom. The van der Waals surface area contributed by atoms with Crippen LogP contribution in [0.25, 0.3) is 10.8 Å². The van der Waals surface area contributed by atoms with Crippen LogP contribution in [0, 0.1) is 20.8 Å². The van der Waals surface area contributed by atoms with Crippen molar-refractivity contribution in [2.24, 2.45) is 0 Å². The largest absolute Gasteiger partial charge is 0.459 e. The van der Waals surface area contributed by atoms with E-state index >= 15 is 0 Å². The summed E-state index contributed by atoms with van der Waals surface area (Å²) >= 11 is 1.42. The number of nitrogens with one attached hydrogen (secondary N) is 2. The number of aryl methyl sites for hydroxylation is 3. The molecule has 0 aliphatic heterocycles. The van der Waals surface area contributed by atoms with E-state index in [1.54, 1.807) is 0 Å². The number of carbonyl (C=O) groups is 2. The van der Waals surface area contributed by atoms with Gasteiger partial charge in [-0.1, -0.05) is 18.2 Å². The third-order valence-electron chi connectivity index (χ3n) is 4.04. The quantitative estimate of drug-likeness (QED) is 0.681. The Bertz CT molecular complexity index is 954. The Labute approximate surface area is 161 Å². The van der Waals surface area contributed by atoms with Gasteiger partial charge in [-0.05, 0) is 44.0 Å². The molecule has 140 valence electrons. The Morgan fingerprint density at radius 1 is 1.07 bits per heavy atom. The monoisotopic (exact) mass is 383 g/mol. The number of benzene rings is 1. The lowest BCUT2D eigenvalue weighted by molar-refractivity contribution is -0.123. The van der Waals surface area contributed by atoms with Gasteiger partial charge in [0.2, 0.25) is 11.8 Å². The SMILES string of the molecule is Cc1ccc(-c2nc(CC(=O)NCC(=O)Nc3c(C)cccc3C)cs2)o1. The average Bonchev–Trinajstić information content (AvgIpc) is 3.25. The number of nitrogens with zero attached hydrogens (tertiary/aromatic N) is 1. The molecule has 0 atom stereocenters. The van der Waals surface area contributed by atoms with Gasteiger partial charge < -0.3 is 15.1 Å². The number of thiazole rings is 1. The fourth-order valence-electron chi connectivity index (χ4n) is 2.65. The highest BCUT2D eigenvalue weighted by molar-refractivity contribution is 7.13. The first-order valence-corrected chi connectivity index (χ1v) is 9.44. The highest BCUT2D eigenvalue weighted by Gasteiger charge is 2.13. The molecule has 6 nitrogen and oxygen atoms in total. The summed E-state index contributed by atoms with van der Waals surface area (Å²) in [5.74, 6) is 0.997. The van der Waals surface area contributed by atoms with Crippen molar-refractivity contribution in [3.63, 3.8) is 0 Å². The van der Waals surface area contributed by atoms with Gasteiger partial charge in [-0.25, -0.2) is 4.98 Å². The fourth-order valence-corrected chi connectivity index (χ4v) is 3.43. The molecule has 3 rings (SSSR count). The molecule has 0 saturated heterocycles. The maximum atomic E-state index is 12.1. The van der Waals surface area contributed by atoms with Gasteiger partial charge in [0, 0.05) is 11.1 Å². The van der Waals surface area contributed by atoms with Gasteiger partial charge in [-0.3, -0.25) is 9.59 Å². The highest BCUT2D eigenvalue weighted by Crippen LogP contribution is 2.25. The van der Waals surface area contributed by atoms with Crippen LogP contribution >= 0.6 is 11.3 Å². The first kappa shape index (κ1) is 18.8. The number of rotatable bonds is 6. The van der Waals surface area contributed by atoms with Gasteiger partial charge in [0.15, 0.2) is 10.8 Å². The van der Waals surface area contributed by atoms with Crippen molar-refractivity contribution in [3.8, 4) is 10.8 Å².